The van der Waals surface area contributed by atoms with Gasteiger partial charge in [0.25, 0.3) is 5.78 Å². The predicted octanol–water partition coefficient (Wildman–Crippen LogP) is 5.26. The number of fused-ring (bicyclic) bond motifs is 2. The molecule has 0 aliphatic carbocycles. The molecule has 2 aliphatic heterocycles. The van der Waals surface area contributed by atoms with Crippen molar-refractivity contribution in [1.29, 1.82) is 0 Å². The van der Waals surface area contributed by atoms with Gasteiger partial charge in [-0.2, -0.15) is 0 Å². The zero-order valence-electron chi connectivity index (χ0n) is 19.6. The van der Waals surface area contributed by atoms with Crippen molar-refractivity contribution < 1.29 is 24.5 Å². The number of anilines is 1. The van der Waals surface area contributed by atoms with E-state index in [2.05, 4.69) is 4.98 Å². The number of Topliss-reactive ketones (excluding diaryl/α,β-unsaturated/α-hetero) is 1. The van der Waals surface area contributed by atoms with Crippen LogP contribution in [0.15, 0.2) is 66.2 Å². The molecule has 0 unspecified atom stereocenters. The summed E-state index contributed by atoms with van der Waals surface area (Å²) >= 11 is 1.31. The van der Waals surface area contributed by atoms with E-state index in [4.69, 9.17) is 4.74 Å². The molecule has 0 spiro atoms. The van der Waals surface area contributed by atoms with Crippen molar-refractivity contribution in [2.75, 3.05) is 4.90 Å². The lowest BCUT2D eigenvalue weighted by Gasteiger charge is -2.23. The minimum absolute atomic E-state index is 0.0203. The summed E-state index contributed by atoms with van der Waals surface area (Å²) in [5.74, 6) is -0.999. The molecule has 1 aromatic heterocycles. The van der Waals surface area contributed by atoms with E-state index in [1.807, 2.05) is 32.0 Å². The van der Waals surface area contributed by atoms with E-state index in [0.717, 1.165) is 27.1 Å². The predicted molar refractivity (Wildman–Crippen MR) is 137 cm³/mol. The Morgan fingerprint density at radius 2 is 1.86 bits per heavy atom. The monoisotopic (exact) mass is 498 g/mol. The lowest BCUT2D eigenvalue weighted by molar-refractivity contribution is -0.132. The fraction of sp³-hybridized carbons (Fsp3) is 0.179. The molecule has 1 saturated heterocycles. The maximum Gasteiger partial charge on any atom is 0.301 e. The molecule has 0 saturated carbocycles. The molecule has 4 aromatic rings. The fourth-order valence-electron chi connectivity index (χ4n) is 4.85. The quantitative estimate of drug-likeness (QED) is 0.227. The Hall–Kier alpha value is -4.17. The van der Waals surface area contributed by atoms with Gasteiger partial charge in [-0.3, -0.25) is 14.5 Å². The molecular weight excluding hydrogens is 476 g/mol. The van der Waals surface area contributed by atoms with Crippen LogP contribution in [0, 0.1) is 6.92 Å². The first-order valence-corrected chi connectivity index (χ1v) is 12.4. The summed E-state index contributed by atoms with van der Waals surface area (Å²) in [5.41, 5.74) is 3.70. The molecule has 6 rings (SSSR count). The Labute approximate surface area is 210 Å². The number of aromatic hydroxyl groups is 1. The number of aliphatic hydroxyl groups excluding tert-OH is 1. The van der Waals surface area contributed by atoms with Gasteiger partial charge in [-0.15, -0.1) is 0 Å². The Morgan fingerprint density at radius 1 is 1.08 bits per heavy atom. The average Bonchev–Trinajstić information content (AvgIpc) is 3.51. The highest BCUT2D eigenvalue weighted by Gasteiger charge is 2.48. The van der Waals surface area contributed by atoms with Gasteiger partial charge in [0.05, 0.1) is 21.8 Å². The third-order valence-corrected chi connectivity index (χ3v) is 7.58. The molecule has 2 aliphatic rings. The summed E-state index contributed by atoms with van der Waals surface area (Å²) in [6, 6.07) is 16.4. The first kappa shape index (κ1) is 22.3. The van der Waals surface area contributed by atoms with Gasteiger partial charge in [-0.05, 0) is 73.0 Å². The molecule has 0 radical (unpaired) electrons. The topological polar surface area (TPSA) is 100.0 Å². The van der Waals surface area contributed by atoms with Gasteiger partial charge in [-0.1, -0.05) is 29.5 Å². The van der Waals surface area contributed by atoms with E-state index in [0.29, 0.717) is 22.7 Å². The summed E-state index contributed by atoms with van der Waals surface area (Å²) in [6.07, 6.45) is 0.722. The highest BCUT2D eigenvalue weighted by Crippen LogP contribution is 2.45. The number of thiazole rings is 1. The lowest BCUT2D eigenvalue weighted by Crippen LogP contribution is -2.29. The van der Waals surface area contributed by atoms with Crippen molar-refractivity contribution in [3.05, 3.63) is 88.5 Å². The smallest absolute Gasteiger partial charge is 0.301 e. The molecule has 3 heterocycles. The van der Waals surface area contributed by atoms with Crippen LogP contribution in [0.2, 0.25) is 0 Å². The number of amides is 1. The Bertz CT molecular complexity index is 1590. The highest BCUT2D eigenvalue weighted by molar-refractivity contribution is 7.22. The van der Waals surface area contributed by atoms with Crippen LogP contribution in [0.25, 0.3) is 16.0 Å². The number of phenolic OH excluding ortho intramolecular Hbond substituents is 1. The van der Waals surface area contributed by atoms with Crippen molar-refractivity contribution in [3.8, 4) is 11.5 Å². The lowest BCUT2D eigenvalue weighted by atomic mass is 9.94. The van der Waals surface area contributed by atoms with Crippen LogP contribution in [0.3, 0.4) is 0 Å². The Kier molecular flexibility index (Phi) is 5.08. The number of carbonyl (C=O) groups excluding carboxylic acids is 2. The third kappa shape index (κ3) is 3.53. The van der Waals surface area contributed by atoms with Gasteiger partial charge in [0.15, 0.2) is 5.13 Å². The van der Waals surface area contributed by atoms with Gasteiger partial charge in [0.1, 0.15) is 23.4 Å². The summed E-state index contributed by atoms with van der Waals surface area (Å²) in [7, 11) is 0. The Balaban J connectivity index is 1.53. The minimum Gasteiger partial charge on any atom is -0.508 e. The molecule has 7 nitrogen and oxygen atoms in total. The zero-order valence-corrected chi connectivity index (χ0v) is 20.4. The second kappa shape index (κ2) is 8.20. The van der Waals surface area contributed by atoms with Crippen molar-refractivity contribution in [3.63, 3.8) is 0 Å². The molecule has 8 heteroatoms. The molecule has 1 amide bonds. The molecular formula is C28H22N2O5S. The van der Waals surface area contributed by atoms with E-state index in [1.165, 1.54) is 28.4 Å². The van der Waals surface area contributed by atoms with Crippen molar-refractivity contribution in [1.82, 2.24) is 4.98 Å². The molecule has 180 valence electrons. The maximum atomic E-state index is 13.4. The molecule has 3 aromatic carbocycles. The second-order valence-electron chi connectivity index (χ2n) is 9.18. The van der Waals surface area contributed by atoms with Crippen molar-refractivity contribution in [2.24, 2.45) is 0 Å². The van der Waals surface area contributed by atoms with E-state index in [1.54, 1.807) is 30.3 Å². The van der Waals surface area contributed by atoms with Crippen molar-refractivity contribution in [2.45, 2.75) is 32.4 Å². The summed E-state index contributed by atoms with van der Waals surface area (Å²) in [4.78, 5) is 32.8. The van der Waals surface area contributed by atoms with E-state index < -0.39 is 17.7 Å². The number of aliphatic hydroxyl groups is 1. The number of aryl methyl sites for hydroxylation is 1. The molecule has 0 bridgehead atoms. The molecule has 36 heavy (non-hydrogen) atoms. The number of carbonyl (C=O) groups is 2. The normalized spacial score (nSPS) is 20.7. The van der Waals surface area contributed by atoms with Gasteiger partial charge >= 0.3 is 5.91 Å². The first-order chi connectivity index (χ1) is 17.3. The number of ether oxygens (including phenoxy) is 1. The number of ketones is 1. The SMILES string of the molecule is Cc1ccc2nc(N3C(=O)C(=O)C(=C(O)c4ccc5c(c4)C[C@H](C)O5)[C@@H]3c3ccc(O)cc3)sc2c1. The van der Waals surface area contributed by atoms with Crippen LogP contribution in [0.4, 0.5) is 5.13 Å². The number of phenols is 1. The van der Waals surface area contributed by atoms with E-state index >= 15 is 0 Å². The van der Waals surface area contributed by atoms with Crippen LogP contribution in [0.1, 0.15) is 35.2 Å². The minimum atomic E-state index is -0.907. The fourth-order valence-corrected chi connectivity index (χ4v) is 5.94. The van der Waals surface area contributed by atoms with Crippen LogP contribution >= 0.6 is 11.3 Å². The van der Waals surface area contributed by atoms with Crippen LogP contribution in [-0.4, -0.2) is 33.0 Å². The number of nitrogens with zero attached hydrogens (tertiary/aromatic N) is 2. The number of benzene rings is 3. The Morgan fingerprint density at radius 3 is 2.64 bits per heavy atom. The standard InChI is InChI=1S/C28H22N2O5S/c1-14-3-9-20-22(11-14)36-28(29-20)30-24(16-4-7-19(31)8-5-16)23(26(33)27(30)34)25(32)17-6-10-21-18(13-17)12-15(2)35-21/h3-11,13,15,24,31-32H,12H2,1-2H3/t15-,24-/m0/s1. The van der Waals surface area contributed by atoms with Crippen LogP contribution in [-0.2, 0) is 16.0 Å². The third-order valence-electron chi connectivity index (χ3n) is 6.56. The second-order valence-corrected chi connectivity index (χ2v) is 10.2. The maximum absolute atomic E-state index is 13.4. The molecule has 2 atom stereocenters. The summed E-state index contributed by atoms with van der Waals surface area (Å²) < 4.78 is 6.65. The zero-order chi connectivity index (χ0) is 25.1. The van der Waals surface area contributed by atoms with E-state index in [9.17, 15) is 19.8 Å². The molecule has 1 fully saturated rings. The number of aromatic nitrogens is 1. The van der Waals surface area contributed by atoms with Gasteiger partial charge in [-0.25, -0.2) is 4.98 Å². The molecule has 2 N–H and O–H groups in total. The van der Waals surface area contributed by atoms with Crippen LogP contribution in [0.5, 0.6) is 11.5 Å². The van der Waals surface area contributed by atoms with Gasteiger partial charge in [0.2, 0.25) is 0 Å². The number of rotatable bonds is 3. The number of hydrogen-bond donors (Lipinski definition) is 2. The number of hydrogen-bond acceptors (Lipinski definition) is 7. The van der Waals surface area contributed by atoms with Crippen molar-refractivity contribution >= 4 is 44.1 Å². The van der Waals surface area contributed by atoms with Crippen LogP contribution < -0.4 is 9.64 Å². The van der Waals surface area contributed by atoms with Gasteiger partial charge in [0, 0.05) is 12.0 Å². The van der Waals surface area contributed by atoms with E-state index in [-0.39, 0.29) is 23.2 Å². The average molecular weight is 499 g/mol. The highest BCUT2D eigenvalue weighted by atomic mass is 32.1. The first-order valence-electron chi connectivity index (χ1n) is 11.6. The van der Waals surface area contributed by atoms with Gasteiger partial charge < -0.3 is 14.9 Å². The summed E-state index contributed by atoms with van der Waals surface area (Å²) in [6.45, 7) is 3.94. The summed E-state index contributed by atoms with van der Waals surface area (Å²) in [5, 5.41) is 21.6. The largest absolute Gasteiger partial charge is 0.508 e.